The summed E-state index contributed by atoms with van der Waals surface area (Å²) in [6, 6.07) is 0. The summed E-state index contributed by atoms with van der Waals surface area (Å²) in [5.41, 5.74) is 10.4. The standard InChI is InChI=1S/C8H17N3O/c1-8(2,3)7(10)11-5-4-6(9)12/h4-5H2,1-3H3,(H2,9,12)(H2,10,11). The Kier molecular flexibility index (Phi) is 3.73. The lowest BCUT2D eigenvalue weighted by molar-refractivity contribution is -0.117. The van der Waals surface area contributed by atoms with Gasteiger partial charge in [-0.25, -0.2) is 0 Å². The number of carbonyl (C=O) groups is 1. The Hall–Kier alpha value is -1.06. The van der Waals surface area contributed by atoms with Crippen molar-refractivity contribution in [1.82, 2.24) is 0 Å². The van der Waals surface area contributed by atoms with Crippen LogP contribution in [0.25, 0.3) is 0 Å². The second-order valence-corrected chi connectivity index (χ2v) is 3.73. The van der Waals surface area contributed by atoms with Gasteiger partial charge in [0.1, 0.15) is 0 Å². The number of primary amides is 1. The smallest absolute Gasteiger partial charge is 0.219 e. The number of aliphatic imine (C=N–C) groups is 1. The van der Waals surface area contributed by atoms with E-state index in [0.29, 0.717) is 12.4 Å². The fourth-order valence-corrected chi connectivity index (χ4v) is 0.524. The summed E-state index contributed by atoms with van der Waals surface area (Å²) in [5, 5.41) is 0. The van der Waals surface area contributed by atoms with E-state index in [1.54, 1.807) is 0 Å². The van der Waals surface area contributed by atoms with Crippen molar-refractivity contribution in [3.05, 3.63) is 0 Å². The Morgan fingerprint density at radius 2 is 1.83 bits per heavy atom. The highest BCUT2D eigenvalue weighted by Gasteiger charge is 2.14. The van der Waals surface area contributed by atoms with Gasteiger partial charge in [0, 0.05) is 18.4 Å². The number of amidine groups is 1. The number of nitrogens with zero attached hydrogens (tertiary/aromatic N) is 1. The number of hydrogen-bond donors (Lipinski definition) is 2. The molecular weight excluding hydrogens is 154 g/mol. The van der Waals surface area contributed by atoms with Gasteiger partial charge in [0.2, 0.25) is 5.91 Å². The largest absolute Gasteiger partial charge is 0.387 e. The van der Waals surface area contributed by atoms with E-state index in [1.165, 1.54) is 0 Å². The molecule has 0 aromatic heterocycles. The monoisotopic (exact) mass is 171 g/mol. The van der Waals surface area contributed by atoms with Crippen LogP contribution < -0.4 is 11.5 Å². The molecule has 0 aliphatic heterocycles. The fourth-order valence-electron chi connectivity index (χ4n) is 0.524. The van der Waals surface area contributed by atoms with Crippen LogP contribution >= 0.6 is 0 Å². The lowest BCUT2D eigenvalue weighted by Crippen LogP contribution is -2.29. The minimum atomic E-state index is -0.347. The van der Waals surface area contributed by atoms with Gasteiger partial charge in [-0.05, 0) is 0 Å². The topological polar surface area (TPSA) is 81.5 Å². The first-order valence-corrected chi connectivity index (χ1v) is 3.92. The highest BCUT2D eigenvalue weighted by atomic mass is 16.1. The van der Waals surface area contributed by atoms with Crippen molar-refractivity contribution in [2.45, 2.75) is 27.2 Å². The molecule has 1 amide bonds. The van der Waals surface area contributed by atoms with Crippen molar-refractivity contribution in [3.8, 4) is 0 Å². The van der Waals surface area contributed by atoms with Gasteiger partial charge in [-0.1, -0.05) is 20.8 Å². The molecule has 0 saturated carbocycles. The highest BCUT2D eigenvalue weighted by Crippen LogP contribution is 2.12. The Balaban J connectivity index is 3.94. The predicted octanol–water partition coefficient (Wildman–Crippen LogP) is 0.265. The van der Waals surface area contributed by atoms with Gasteiger partial charge in [0.05, 0.1) is 5.84 Å². The Labute approximate surface area is 73.0 Å². The summed E-state index contributed by atoms with van der Waals surface area (Å²) >= 11 is 0. The molecule has 0 bridgehead atoms. The summed E-state index contributed by atoms with van der Waals surface area (Å²) in [6.45, 7) is 6.29. The second kappa shape index (κ2) is 4.09. The minimum Gasteiger partial charge on any atom is -0.387 e. The van der Waals surface area contributed by atoms with Gasteiger partial charge in [0.25, 0.3) is 0 Å². The zero-order valence-corrected chi connectivity index (χ0v) is 7.92. The number of nitrogens with two attached hydrogens (primary N) is 2. The summed E-state index contributed by atoms with van der Waals surface area (Å²) in [4.78, 5) is 14.4. The predicted molar refractivity (Wildman–Crippen MR) is 49.8 cm³/mol. The molecule has 4 N–H and O–H groups in total. The summed E-state index contributed by atoms with van der Waals surface area (Å²) < 4.78 is 0. The second-order valence-electron chi connectivity index (χ2n) is 3.73. The summed E-state index contributed by atoms with van der Waals surface area (Å²) in [6.07, 6.45) is 0.261. The van der Waals surface area contributed by atoms with E-state index in [-0.39, 0.29) is 17.7 Å². The van der Waals surface area contributed by atoms with Crippen molar-refractivity contribution in [2.75, 3.05) is 6.54 Å². The maximum absolute atomic E-state index is 10.3. The van der Waals surface area contributed by atoms with Crippen LogP contribution in [0.4, 0.5) is 0 Å². The van der Waals surface area contributed by atoms with Crippen LogP contribution in [-0.4, -0.2) is 18.3 Å². The van der Waals surface area contributed by atoms with Crippen LogP contribution in [0.5, 0.6) is 0 Å². The first kappa shape index (κ1) is 10.9. The Morgan fingerprint density at radius 3 is 2.17 bits per heavy atom. The number of hydrogen-bond acceptors (Lipinski definition) is 2. The molecule has 12 heavy (non-hydrogen) atoms. The highest BCUT2D eigenvalue weighted by molar-refractivity contribution is 5.85. The molecule has 0 heterocycles. The first-order chi connectivity index (χ1) is 5.34. The number of carbonyl (C=O) groups excluding carboxylic acids is 1. The molecular formula is C8H17N3O. The summed E-state index contributed by atoms with van der Waals surface area (Å²) in [5.74, 6) is 0.212. The van der Waals surface area contributed by atoms with E-state index in [9.17, 15) is 4.79 Å². The van der Waals surface area contributed by atoms with Gasteiger partial charge >= 0.3 is 0 Å². The van der Waals surface area contributed by atoms with Crippen molar-refractivity contribution in [1.29, 1.82) is 0 Å². The molecule has 0 aromatic carbocycles. The van der Waals surface area contributed by atoms with Crippen molar-refractivity contribution in [3.63, 3.8) is 0 Å². The molecule has 70 valence electrons. The normalized spacial score (nSPS) is 13.1. The van der Waals surface area contributed by atoms with Crippen molar-refractivity contribution in [2.24, 2.45) is 21.9 Å². The third-order valence-corrected chi connectivity index (χ3v) is 1.41. The SMILES string of the molecule is CC(C)(C)C(N)=NCCC(N)=O. The van der Waals surface area contributed by atoms with Crippen LogP contribution in [0.15, 0.2) is 4.99 Å². The van der Waals surface area contributed by atoms with Gasteiger partial charge in [0.15, 0.2) is 0 Å². The van der Waals surface area contributed by atoms with Gasteiger partial charge in [-0.3, -0.25) is 9.79 Å². The maximum atomic E-state index is 10.3. The average Bonchev–Trinajstić information content (AvgIpc) is 1.84. The number of amides is 1. The first-order valence-electron chi connectivity index (χ1n) is 3.92. The zero-order chi connectivity index (χ0) is 9.78. The molecule has 0 aliphatic carbocycles. The van der Waals surface area contributed by atoms with E-state index in [1.807, 2.05) is 20.8 Å². The van der Waals surface area contributed by atoms with Gasteiger partial charge in [-0.15, -0.1) is 0 Å². The Morgan fingerprint density at radius 1 is 1.33 bits per heavy atom. The summed E-state index contributed by atoms with van der Waals surface area (Å²) in [7, 11) is 0. The molecule has 0 spiro atoms. The molecule has 0 aromatic rings. The lowest BCUT2D eigenvalue weighted by atomic mass is 9.95. The van der Waals surface area contributed by atoms with Gasteiger partial charge in [-0.2, -0.15) is 0 Å². The van der Waals surface area contributed by atoms with E-state index < -0.39 is 0 Å². The molecule has 0 unspecified atom stereocenters. The van der Waals surface area contributed by atoms with Crippen molar-refractivity contribution >= 4 is 11.7 Å². The average molecular weight is 171 g/mol. The third-order valence-electron chi connectivity index (χ3n) is 1.41. The molecule has 0 radical (unpaired) electrons. The van der Waals surface area contributed by atoms with E-state index in [4.69, 9.17) is 11.5 Å². The molecule has 0 aliphatic rings. The van der Waals surface area contributed by atoms with Crippen LogP contribution in [0.3, 0.4) is 0 Å². The van der Waals surface area contributed by atoms with Crippen LogP contribution in [0.2, 0.25) is 0 Å². The molecule has 4 heteroatoms. The molecule has 0 saturated heterocycles. The quantitative estimate of drug-likeness (QED) is 0.472. The molecule has 0 atom stereocenters. The Bertz CT molecular complexity index is 191. The van der Waals surface area contributed by atoms with E-state index >= 15 is 0 Å². The lowest BCUT2D eigenvalue weighted by Gasteiger charge is -2.16. The fraction of sp³-hybridized carbons (Fsp3) is 0.750. The maximum Gasteiger partial charge on any atom is 0.219 e. The van der Waals surface area contributed by atoms with Crippen molar-refractivity contribution < 1.29 is 4.79 Å². The zero-order valence-electron chi connectivity index (χ0n) is 7.92. The minimum absolute atomic E-state index is 0.127. The van der Waals surface area contributed by atoms with E-state index in [0.717, 1.165) is 0 Å². The third kappa shape index (κ3) is 4.71. The number of rotatable bonds is 3. The van der Waals surface area contributed by atoms with Gasteiger partial charge < -0.3 is 11.5 Å². The molecule has 0 fully saturated rings. The van der Waals surface area contributed by atoms with Crippen LogP contribution in [-0.2, 0) is 4.79 Å². The van der Waals surface area contributed by atoms with Crippen LogP contribution in [0.1, 0.15) is 27.2 Å². The van der Waals surface area contributed by atoms with Crippen LogP contribution in [0, 0.1) is 5.41 Å². The molecule has 0 rings (SSSR count). The van der Waals surface area contributed by atoms with E-state index in [2.05, 4.69) is 4.99 Å². The molecule has 4 nitrogen and oxygen atoms in total.